The average molecular weight is 368 g/mol. The van der Waals surface area contributed by atoms with Gasteiger partial charge in [0.25, 0.3) is 5.91 Å². The van der Waals surface area contributed by atoms with Crippen molar-refractivity contribution in [1.29, 1.82) is 0 Å². The lowest BCUT2D eigenvalue weighted by molar-refractivity contribution is -0.124. The van der Waals surface area contributed by atoms with Crippen LogP contribution in [0.2, 0.25) is 0 Å². The third-order valence-corrected chi connectivity index (χ3v) is 5.32. The Kier molecular flexibility index (Phi) is 5.68. The van der Waals surface area contributed by atoms with Crippen LogP contribution in [0.1, 0.15) is 27.0 Å². The molecule has 0 spiro atoms. The molecule has 0 bridgehead atoms. The topological polar surface area (TPSA) is 74.7 Å². The Bertz CT molecular complexity index is 852. The number of carbonyl (C=O) groups is 2. The zero-order valence-corrected chi connectivity index (χ0v) is 15.5. The minimum absolute atomic E-state index is 0.00897. The predicted octanol–water partition coefficient (Wildman–Crippen LogP) is 2.52. The maximum Gasteiger partial charge on any atom is 0.273 e. The van der Waals surface area contributed by atoms with Gasteiger partial charge >= 0.3 is 0 Å². The van der Waals surface area contributed by atoms with Crippen molar-refractivity contribution in [2.45, 2.75) is 20.3 Å². The van der Waals surface area contributed by atoms with Crippen LogP contribution in [0.4, 0.5) is 0 Å². The van der Waals surface area contributed by atoms with Gasteiger partial charge in [0.15, 0.2) is 5.17 Å². The number of rotatable bonds is 5. The van der Waals surface area contributed by atoms with Gasteiger partial charge in [-0.05, 0) is 49.1 Å². The molecule has 0 radical (unpaired) electrons. The smallest absolute Gasteiger partial charge is 0.273 e. The van der Waals surface area contributed by atoms with Crippen LogP contribution in [0.15, 0.2) is 47.8 Å². The zero-order chi connectivity index (χ0) is 18.5. The molecule has 134 valence electrons. The number of hydrogen-bond donors (Lipinski definition) is 1. The lowest BCUT2D eigenvalue weighted by atomic mass is 10.0. The van der Waals surface area contributed by atoms with Crippen molar-refractivity contribution >= 4 is 28.7 Å². The van der Waals surface area contributed by atoms with Gasteiger partial charge in [0.05, 0.1) is 11.3 Å². The van der Waals surface area contributed by atoms with Gasteiger partial charge in [-0.2, -0.15) is 0 Å². The van der Waals surface area contributed by atoms with Gasteiger partial charge in [0.1, 0.15) is 0 Å². The summed E-state index contributed by atoms with van der Waals surface area (Å²) in [4.78, 5) is 29.8. The Morgan fingerprint density at radius 1 is 1.31 bits per heavy atom. The summed E-state index contributed by atoms with van der Waals surface area (Å²) in [5, 5.41) is 4.67. The number of aryl methyl sites for hydroxylation is 1. The number of carbonyl (C=O) groups excluding carboxylic acids is 2. The van der Waals surface area contributed by atoms with Crippen LogP contribution in [0, 0.1) is 13.8 Å². The van der Waals surface area contributed by atoms with E-state index in [1.54, 1.807) is 23.2 Å². The monoisotopic (exact) mass is 368 g/mol. The van der Waals surface area contributed by atoms with E-state index in [9.17, 15) is 9.59 Å². The van der Waals surface area contributed by atoms with Crippen molar-refractivity contribution in [3.05, 3.63) is 65.0 Å². The molecule has 1 saturated heterocycles. The molecule has 6 nitrogen and oxygen atoms in total. The second kappa shape index (κ2) is 8.14. The Morgan fingerprint density at radius 3 is 2.92 bits per heavy atom. The lowest BCUT2D eigenvalue weighted by Crippen LogP contribution is -2.33. The summed E-state index contributed by atoms with van der Waals surface area (Å²) < 4.78 is 0. The molecule has 2 heterocycles. The molecule has 0 unspecified atom stereocenters. The number of nitrogens with zero attached hydrogens (tertiary/aromatic N) is 3. The van der Waals surface area contributed by atoms with Crippen LogP contribution in [0.5, 0.6) is 0 Å². The van der Waals surface area contributed by atoms with Crippen molar-refractivity contribution in [1.82, 2.24) is 15.3 Å². The summed E-state index contributed by atoms with van der Waals surface area (Å²) in [6.07, 6.45) is 3.82. The highest BCUT2D eigenvalue weighted by Gasteiger charge is 2.28. The van der Waals surface area contributed by atoms with E-state index in [-0.39, 0.29) is 11.8 Å². The SMILES string of the molecule is Cc1cccc(CCN2C(=O)CSC2=NNC(=O)c2cccnc2)c1C. The molecule has 0 atom stereocenters. The molecule has 26 heavy (non-hydrogen) atoms. The number of amides is 2. The largest absolute Gasteiger partial charge is 0.289 e. The maximum atomic E-state index is 12.2. The Balaban J connectivity index is 1.66. The molecule has 0 saturated carbocycles. The first-order valence-electron chi connectivity index (χ1n) is 8.32. The molecule has 1 aliphatic heterocycles. The molecule has 1 N–H and O–H groups in total. The van der Waals surface area contributed by atoms with Crippen molar-refractivity contribution < 1.29 is 9.59 Å². The number of hydrazone groups is 1. The number of pyridine rings is 1. The molecular formula is C19H20N4O2S. The molecule has 3 rings (SSSR count). The third-order valence-electron chi connectivity index (χ3n) is 4.36. The fourth-order valence-electron chi connectivity index (χ4n) is 2.68. The van der Waals surface area contributed by atoms with Gasteiger partial charge in [-0.1, -0.05) is 30.0 Å². The molecule has 2 amide bonds. The highest BCUT2D eigenvalue weighted by Crippen LogP contribution is 2.21. The highest BCUT2D eigenvalue weighted by atomic mass is 32.2. The zero-order valence-electron chi connectivity index (χ0n) is 14.7. The van der Waals surface area contributed by atoms with Crippen LogP contribution < -0.4 is 5.43 Å². The second-order valence-electron chi connectivity index (χ2n) is 6.02. The van der Waals surface area contributed by atoms with Crippen molar-refractivity contribution in [2.24, 2.45) is 5.10 Å². The molecule has 1 aromatic heterocycles. The minimum atomic E-state index is -0.347. The van der Waals surface area contributed by atoms with Crippen LogP contribution in [0.3, 0.4) is 0 Å². The van der Waals surface area contributed by atoms with Gasteiger partial charge in [0.2, 0.25) is 5.91 Å². The Morgan fingerprint density at radius 2 is 2.15 bits per heavy atom. The van der Waals surface area contributed by atoms with E-state index in [1.165, 1.54) is 34.6 Å². The predicted molar refractivity (Wildman–Crippen MR) is 103 cm³/mol. The number of hydrogen-bond acceptors (Lipinski definition) is 5. The molecule has 2 aromatic rings. The van der Waals surface area contributed by atoms with Crippen LogP contribution >= 0.6 is 11.8 Å². The first-order valence-corrected chi connectivity index (χ1v) is 9.31. The fraction of sp³-hybridized carbons (Fsp3) is 0.263. The summed E-state index contributed by atoms with van der Waals surface area (Å²) in [6, 6.07) is 9.54. The number of aromatic nitrogens is 1. The molecule has 7 heteroatoms. The van der Waals surface area contributed by atoms with Gasteiger partial charge in [-0.25, -0.2) is 5.43 Å². The van der Waals surface area contributed by atoms with Gasteiger partial charge < -0.3 is 0 Å². The first-order chi connectivity index (χ1) is 12.6. The van der Waals surface area contributed by atoms with Crippen molar-refractivity contribution in [3.8, 4) is 0 Å². The van der Waals surface area contributed by atoms with E-state index in [0.717, 1.165) is 6.42 Å². The van der Waals surface area contributed by atoms with Crippen molar-refractivity contribution in [2.75, 3.05) is 12.3 Å². The van der Waals surface area contributed by atoms with E-state index < -0.39 is 0 Å². The molecular weight excluding hydrogens is 348 g/mol. The number of nitrogens with one attached hydrogen (secondary N) is 1. The molecule has 0 aliphatic carbocycles. The normalized spacial score (nSPS) is 15.5. The van der Waals surface area contributed by atoms with E-state index in [2.05, 4.69) is 41.5 Å². The van der Waals surface area contributed by atoms with Crippen LogP contribution in [-0.4, -0.2) is 39.2 Å². The lowest BCUT2D eigenvalue weighted by Gasteiger charge is -2.17. The van der Waals surface area contributed by atoms with E-state index >= 15 is 0 Å². The molecule has 1 aliphatic rings. The van der Waals surface area contributed by atoms with Crippen LogP contribution in [-0.2, 0) is 11.2 Å². The highest BCUT2D eigenvalue weighted by molar-refractivity contribution is 8.15. The minimum Gasteiger partial charge on any atom is -0.289 e. The summed E-state index contributed by atoms with van der Waals surface area (Å²) in [6.45, 7) is 4.71. The number of benzene rings is 1. The Hall–Kier alpha value is -2.67. The fourth-order valence-corrected chi connectivity index (χ4v) is 3.54. The van der Waals surface area contributed by atoms with Gasteiger partial charge in [0, 0.05) is 18.9 Å². The Labute approximate surface area is 156 Å². The van der Waals surface area contributed by atoms with E-state index in [0.29, 0.717) is 23.0 Å². The summed E-state index contributed by atoms with van der Waals surface area (Å²) in [5.41, 5.74) is 6.63. The second-order valence-corrected chi connectivity index (χ2v) is 6.96. The van der Waals surface area contributed by atoms with Crippen molar-refractivity contribution in [3.63, 3.8) is 0 Å². The first kappa shape index (κ1) is 18.1. The van der Waals surface area contributed by atoms with E-state index in [4.69, 9.17) is 0 Å². The average Bonchev–Trinajstić information content (AvgIpc) is 3.01. The number of thioether (sulfide) groups is 1. The van der Waals surface area contributed by atoms with Gasteiger partial charge in [-0.3, -0.25) is 19.5 Å². The van der Waals surface area contributed by atoms with Gasteiger partial charge in [-0.15, -0.1) is 5.10 Å². The maximum absolute atomic E-state index is 12.2. The summed E-state index contributed by atoms with van der Waals surface area (Å²) in [7, 11) is 0. The number of amidine groups is 1. The standard InChI is InChI=1S/C19H20N4O2S/c1-13-5-3-6-15(14(13)2)8-10-23-17(24)12-26-19(23)22-21-18(25)16-7-4-9-20-11-16/h3-7,9,11H,8,10,12H2,1-2H3,(H,21,25). The summed E-state index contributed by atoms with van der Waals surface area (Å²) >= 11 is 1.33. The quantitative estimate of drug-likeness (QED) is 0.823. The van der Waals surface area contributed by atoms with E-state index in [1.807, 2.05) is 6.07 Å². The molecule has 1 aromatic carbocycles. The summed E-state index contributed by atoms with van der Waals surface area (Å²) in [5.74, 6) is 0.00343. The molecule has 1 fully saturated rings. The third kappa shape index (κ3) is 4.11. The van der Waals surface area contributed by atoms with Crippen LogP contribution in [0.25, 0.3) is 0 Å².